The van der Waals surface area contributed by atoms with Crippen LogP contribution in [-0.2, 0) is 4.79 Å². The van der Waals surface area contributed by atoms with Crippen LogP contribution in [-0.4, -0.2) is 11.1 Å². The third kappa shape index (κ3) is 12.1. The molecule has 0 bridgehead atoms. The molecule has 0 aliphatic heterocycles. The SMILES string of the molecule is CCCCCC(=O)O.[Ce]. The van der Waals surface area contributed by atoms with Crippen LogP contribution in [0.1, 0.15) is 32.6 Å². The fourth-order valence-electron chi connectivity index (χ4n) is 0.526. The zero-order valence-corrected chi connectivity index (χ0v) is 8.82. The number of hydrogen-bond donors (Lipinski definition) is 1. The van der Waals surface area contributed by atoms with Gasteiger partial charge in [0.1, 0.15) is 0 Å². The van der Waals surface area contributed by atoms with Gasteiger partial charge in [-0.25, -0.2) is 0 Å². The molecule has 0 heterocycles. The predicted octanol–water partition coefficient (Wildman–Crippen LogP) is 1.65. The van der Waals surface area contributed by atoms with E-state index in [4.69, 9.17) is 5.11 Å². The maximum absolute atomic E-state index is 9.87. The van der Waals surface area contributed by atoms with Crippen LogP contribution in [0.5, 0.6) is 0 Å². The Morgan fingerprint density at radius 3 is 2.33 bits per heavy atom. The zero-order chi connectivity index (χ0) is 6.41. The number of rotatable bonds is 4. The number of hydrogen-bond acceptors (Lipinski definition) is 1. The Morgan fingerprint density at radius 1 is 1.44 bits per heavy atom. The minimum absolute atomic E-state index is 0. The van der Waals surface area contributed by atoms with Crippen LogP contribution in [0.15, 0.2) is 0 Å². The van der Waals surface area contributed by atoms with E-state index in [-0.39, 0.29) is 41.7 Å². The van der Waals surface area contributed by atoms with E-state index in [9.17, 15) is 4.79 Å². The van der Waals surface area contributed by atoms with Crippen molar-refractivity contribution in [1.29, 1.82) is 0 Å². The molecule has 1 N–H and O–H groups in total. The summed E-state index contributed by atoms with van der Waals surface area (Å²) in [5, 5.41) is 8.14. The van der Waals surface area contributed by atoms with E-state index >= 15 is 0 Å². The van der Waals surface area contributed by atoms with Crippen molar-refractivity contribution in [2.24, 2.45) is 0 Å². The van der Waals surface area contributed by atoms with Gasteiger partial charge in [0.2, 0.25) is 0 Å². The maximum atomic E-state index is 9.87. The molecule has 0 atom stereocenters. The van der Waals surface area contributed by atoms with Gasteiger partial charge in [0, 0.05) is 48.2 Å². The van der Waals surface area contributed by atoms with Crippen molar-refractivity contribution >= 4 is 5.97 Å². The Morgan fingerprint density at radius 2 is 2.00 bits per heavy atom. The molecule has 0 unspecified atom stereocenters. The first kappa shape index (κ1) is 12.5. The van der Waals surface area contributed by atoms with Crippen LogP contribution in [0.3, 0.4) is 0 Å². The minimum Gasteiger partial charge on any atom is -0.481 e. The van der Waals surface area contributed by atoms with Gasteiger partial charge in [-0.1, -0.05) is 19.8 Å². The average Bonchev–Trinajstić information content (AvgIpc) is 1.66. The molecular weight excluding hydrogens is 244 g/mol. The molecule has 0 amide bonds. The van der Waals surface area contributed by atoms with E-state index in [1.807, 2.05) is 0 Å². The van der Waals surface area contributed by atoms with Gasteiger partial charge in [-0.15, -0.1) is 0 Å². The van der Waals surface area contributed by atoms with Crippen LogP contribution in [0.2, 0.25) is 0 Å². The van der Waals surface area contributed by atoms with E-state index in [1.54, 1.807) is 0 Å². The molecule has 0 aromatic rings. The third-order valence-electron chi connectivity index (χ3n) is 0.994. The molecule has 9 heavy (non-hydrogen) atoms. The van der Waals surface area contributed by atoms with Gasteiger partial charge >= 0.3 is 5.97 Å². The topological polar surface area (TPSA) is 37.3 Å². The predicted molar refractivity (Wildman–Crippen MR) is 31.8 cm³/mol. The van der Waals surface area contributed by atoms with Crippen LogP contribution in [0.25, 0.3) is 0 Å². The van der Waals surface area contributed by atoms with Gasteiger partial charge in [0.15, 0.2) is 0 Å². The monoisotopic (exact) mass is 256 g/mol. The number of unbranched alkanes of at least 4 members (excludes halogenated alkanes) is 2. The second kappa shape index (κ2) is 8.85. The number of aliphatic carboxylic acids is 1. The summed E-state index contributed by atoms with van der Waals surface area (Å²) in [6, 6.07) is 0. The molecule has 0 fully saturated rings. The maximum Gasteiger partial charge on any atom is 0.303 e. The van der Waals surface area contributed by atoms with E-state index in [1.165, 1.54) is 0 Å². The van der Waals surface area contributed by atoms with Crippen molar-refractivity contribution in [3.05, 3.63) is 0 Å². The fourth-order valence-corrected chi connectivity index (χ4v) is 0.526. The standard InChI is InChI=1S/C6H12O2.Ce/c1-2-3-4-5-6(7)8;/h2-5H2,1H3,(H,7,8);. The Kier molecular flexibility index (Phi) is 12.3. The minimum atomic E-state index is -0.682. The third-order valence-corrected chi connectivity index (χ3v) is 0.994. The summed E-state index contributed by atoms with van der Waals surface area (Å²) >= 11 is 0. The van der Waals surface area contributed by atoms with E-state index in [0.29, 0.717) is 6.42 Å². The largest absolute Gasteiger partial charge is 0.481 e. The van der Waals surface area contributed by atoms with Gasteiger partial charge < -0.3 is 5.11 Å². The second-order valence-electron chi connectivity index (χ2n) is 1.85. The first-order chi connectivity index (χ1) is 3.77. The summed E-state index contributed by atoms with van der Waals surface area (Å²) in [5.41, 5.74) is 0. The first-order valence-corrected chi connectivity index (χ1v) is 2.99. The Hall–Kier alpha value is 0.847. The van der Waals surface area contributed by atoms with E-state index in [2.05, 4.69) is 6.92 Å². The Labute approximate surface area is 89.4 Å². The van der Waals surface area contributed by atoms with Crippen LogP contribution in [0, 0.1) is 41.7 Å². The molecule has 0 aromatic carbocycles. The number of carboxylic acids is 1. The summed E-state index contributed by atoms with van der Waals surface area (Å²) in [6.45, 7) is 2.06. The Bertz CT molecular complexity index is 73.5. The van der Waals surface area contributed by atoms with Crippen molar-refractivity contribution in [2.45, 2.75) is 32.6 Å². The molecule has 0 saturated carbocycles. The summed E-state index contributed by atoms with van der Waals surface area (Å²) in [4.78, 5) is 9.87. The van der Waals surface area contributed by atoms with Gasteiger partial charge in [-0.2, -0.15) is 0 Å². The summed E-state index contributed by atoms with van der Waals surface area (Å²) < 4.78 is 0. The average molecular weight is 256 g/mol. The molecule has 0 aliphatic rings. The molecule has 52 valence electrons. The van der Waals surface area contributed by atoms with Gasteiger partial charge in [0.25, 0.3) is 0 Å². The molecule has 0 rings (SSSR count). The molecule has 0 radical (unpaired) electrons. The van der Waals surface area contributed by atoms with Crippen molar-refractivity contribution in [1.82, 2.24) is 0 Å². The van der Waals surface area contributed by atoms with Crippen molar-refractivity contribution in [3.63, 3.8) is 0 Å². The number of carboxylic acid groups (broad SMARTS) is 1. The smallest absolute Gasteiger partial charge is 0.303 e. The quantitative estimate of drug-likeness (QED) is 0.777. The van der Waals surface area contributed by atoms with Crippen molar-refractivity contribution in [3.8, 4) is 0 Å². The zero-order valence-electron chi connectivity index (χ0n) is 5.68. The molecule has 0 aromatic heterocycles. The van der Waals surface area contributed by atoms with Gasteiger partial charge in [0.05, 0.1) is 0 Å². The second-order valence-corrected chi connectivity index (χ2v) is 1.85. The first-order valence-electron chi connectivity index (χ1n) is 2.99. The molecule has 0 aliphatic carbocycles. The number of carbonyl (C=O) groups is 1. The fraction of sp³-hybridized carbons (Fsp3) is 0.833. The summed E-state index contributed by atoms with van der Waals surface area (Å²) in [6.07, 6.45) is 3.28. The van der Waals surface area contributed by atoms with Gasteiger partial charge in [-0.05, 0) is 6.42 Å². The van der Waals surface area contributed by atoms with E-state index in [0.717, 1.165) is 19.3 Å². The molecule has 3 heteroatoms. The summed E-state index contributed by atoms with van der Waals surface area (Å²) in [5.74, 6) is -0.682. The molecular formula is C6H12CeO2. The van der Waals surface area contributed by atoms with Crippen LogP contribution >= 0.6 is 0 Å². The van der Waals surface area contributed by atoms with Crippen LogP contribution < -0.4 is 0 Å². The van der Waals surface area contributed by atoms with Crippen molar-refractivity contribution < 1.29 is 51.6 Å². The van der Waals surface area contributed by atoms with Gasteiger partial charge in [-0.3, -0.25) is 4.79 Å². The molecule has 0 saturated heterocycles. The van der Waals surface area contributed by atoms with E-state index < -0.39 is 5.97 Å². The summed E-state index contributed by atoms with van der Waals surface area (Å²) in [7, 11) is 0. The molecule has 2 nitrogen and oxygen atoms in total. The van der Waals surface area contributed by atoms with Crippen molar-refractivity contribution in [2.75, 3.05) is 0 Å². The Balaban J connectivity index is 0. The molecule has 0 spiro atoms. The van der Waals surface area contributed by atoms with Crippen LogP contribution in [0.4, 0.5) is 0 Å². The normalized spacial score (nSPS) is 8.11.